The maximum absolute atomic E-state index is 15.0. The van der Waals surface area contributed by atoms with Crippen LogP contribution < -0.4 is 11.0 Å². The highest BCUT2D eigenvalue weighted by Crippen LogP contribution is 2.43. The molecule has 1 amide bonds. The lowest BCUT2D eigenvalue weighted by Gasteiger charge is -2.36. The van der Waals surface area contributed by atoms with Crippen molar-refractivity contribution in [2.75, 3.05) is 0 Å². The second-order valence-corrected chi connectivity index (χ2v) is 9.55. The van der Waals surface area contributed by atoms with E-state index in [1.165, 1.54) is 4.68 Å². The van der Waals surface area contributed by atoms with E-state index in [0.717, 1.165) is 22.0 Å². The van der Waals surface area contributed by atoms with Crippen LogP contribution >= 0.6 is 0 Å². The van der Waals surface area contributed by atoms with E-state index in [1.807, 2.05) is 24.3 Å². The molecule has 182 valence electrons. The SMILES string of the molecule is Cn1cc(-c2[nH]c3ncc4c5c3c2-c2cccc(c2)COC(=O)NC2CC(C2)n5c(=O)n4C)c(F)n1. The van der Waals surface area contributed by atoms with Gasteiger partial charge in [-0.05, 0) is 30.0 Å². The molecule has 4 aromatic heterocycles. The summed E-state index contributed by atoms with van der Waals surface area (Å²) in [6, 6.07) is 7.37. The molecule has 11 heteroatoms. The average molecular weight is 487 g/mol. The highest BCUT2D eigenvalue weighted by Gasteiger charge is 2.36. The van der Waals surface area contributed by atoms with Gasteiger partial charge in [0, 0.05) is 37.9 Å². The number of nitrogens with zero attached hydrogens (tertiary/aromatic N) is 5. The van der Waals surface area contributed by atoms with E-state index in [4.69, 9.17) is 4.74 Å². The van der Waals surface area contributed by atoms with Crippen LogP contribution in [0, 0.1) is 5.95 Å². The van der Waals surface area contributed by atoms with Crippen molar-refractivity contribution < 1.29 is 13.9 Å². The molecule has 0 spiro atoms. The number of halogens is 1. The van der Waals surface area contributed by atoms with Crippen LogP contribution in [0.3, 0.4) is 0 Å². The van der Waals surface area contributed by atoms with Crippen LogP contribution in [0.1, 0.15) is 24.4 Å². The molecule has 1 aliphatic carbocycles. The molecule has 4 bridgehead atoms. The fourth-order valence-electron chi connectivity index (χ4n) is 5.53. The molecule has 1 fully saturated rings. The van der Waals surface area contributed by atoms with Gasteiger partial charge in [-0.1, -0.05) is 18.2 Å². The summed E-state index contributed by atoms with van der Waals surface area (Å²) in [5.74, 6) is -0.612. The van der Waals surface area contributed by atoms with Crippen LogP contribution in [0.4, 0.5) is 9.18 Å². The number of hydrogen-bond acceptors (Lipinski definition) is 5. The zero-order chi connectivity index (χ0) is 24.7. The Morgan fingerprint density at radius 3 is 2.81 bits per heavy atom. The molecule has 8 rings (SSSR count). The van der Waals surface area contributed by atoms with Gasteiger partial charge in [0.05, 0.1) is 33.9 Å². The molecule has 0 atom stereocenters. The minimum atomic E-state index is -0.612. The molecule has 6 heterocycles. The van der Waals surface area contributed by atoms with Gasteiger partial charge in [-0.2, -0.15) is 4.39 Å². The molecule has 3 aliphatic rings. The Balaban J connectivity index is 1.63. The fourth-order valence-corrected chi connectivity index (χ4v) is 5.53. The zero-order valence-electron chi connectivity index (χ0n) is 19.6. The maximum Gasteiger partial charge on any atom is 0.407 e. The molecule has 36 heavy (non-hydrogen) atoms. The van der Waals surface area contributed by atoms with E-state index in [0.29, 0.717) is 40.8 Å². The van der Waals surface area contributed by atoms with E-state index in [1.54, 1.807) is 35.6 Å². The number of benzene rings is 1. The normalized spacial score (nSPS) is 19.2. The number of aryl methyl sites for hydroxylation is 2. The van der Waals surface area contributed by atoms with E-state index in [9.17, 15) is 14.0 Å². The van der Waals surface area contributed by atoms with Crippen molar-refractivity contribution in [3.05, 3.63) is 58.7 Å². The number of hydrogen-bond donors (Lipinski definition) is 2. The summed E-state index contributed by atoms with van der Waals surface area (Å²) in [6.07, 6.45) is 4.01. The van der Waals surface area contributed by atoms with Crippen LogP contribution in [0.25, 0.3) is 44.5 Å². The molecular formula is C25H22FN7O3. The molecule has 2 aliphatic heterocycles. The number of rotatable bonds is 1. The molecule has 0 unspecified atom stereocenters. The number of amides is 1. The second kappa shape index (κ2) is 7.30. The van der Waals surface area contributed by atoms with Crippen molar-refractivity contribution in [3.63, 3.8) is 0 Å². The van der Waals surface area contributed by atoms with Crippen LogP contribution in [-0.2, 0) is 25.4 Å². The molecule has 1 aromatic carbocycles. The van der Waals surface area contributed by atoms with Gasteiger partial charge in [0.1, 0.15) is 12.3 Å². The molecule has 0 saturated heterocycles. The standard InChI is InChI=1S/C25H22FN7O3/c1-31-10-16(22(26)30-31)20-18-13-5-3-4-12(6-13)11-36-24(34)28-14-7-15(8-14)33-21-17(32(2)25(33)35)9-27-23(29-20)19(18)21/h3-6,9-10,14-15H,7-8,11H2,1-2H3,(H,27,29)(H,28,34). The Hall–Kier alpha value is -4.41. The summed E-state index contributed by atoms with van der Waals surface area (Å²) >= 11 is 0. The number of fused-ring (bicyclic) bond motifs is 3. The lowest BCUT2D eigenvalue weighted by Crippen LogP contribution is -2.47. The van der Waals surface area contributed by atoms with Crippen molar-refractivity contribution in [1.29, 1.82) is 0 Å². The molecule has 1 saturated carbocycles. The first-order chi connectivity index (χ1) is 17.4. The fraction of sp³-hybridized carbons (Fsp3) is 0.280. The first-order valence-electron chi connectivity index (χ1n) is 11.7. The van der Waals surface area contributed by atoms with E-state index in [-0.39, 0.29) is 24.4 Å². The van der Waals surface area contributed by atoms with Gasteiger partial charge < -0.3 is 15.0 Å². The summed E-state index contributed by atoms with van der Waals surface area (Å²) < 4.78 is 25.2. The van der Waals surface area contributed by atoms with Crippen molar-refractivity contribution in [2.24, 2.45) is 14.1 Å². The van der Waals surface area contributed by atoms with Crippen molar-refractivity contribution in [3.8, 4) is 22.4 Å². The van der Waals surface area contributed by atoms with Gasteiger partial charge in [0.25, 0.3) is 0 Å². The Morgan fingerprint density at radius 1 is 1.19 bits per heavy atom. The van der Waals surface area contributed by atoms with Crippen LogP contribution in [-0.4, -0.2) is 41.0 Å². The lowest BCUT2D eigenvalue weighted by molar-refractivity contribution is 0.122. The summed E-state index contributed by atoms with van der Waals surface area (Å²) in [5.41, 5.74) is 4.91. The molecule has 0 radical (unpaired) electrons. The molecule has 5 aromatic rings. The highest BCUT2D eigenvalue weighted by molar-refractivity contribution is 6.14. The lowest BCUT2D eigenvalue weighted by atomic mass is 9.86. The number of carbonyl (C=O) groups excluding carboxylic acids is 1. The van der Waals surface area contributed by atoms with E-state index < -0.39 is 12.0 Å². The monoisotopic (exact) mass is 487 g/mol. The summed E-state index contributed by atoms with van der Waals surface area (Å²) in [6.45, 7) is 0.0957. The first kappa shape index (κ1) is 20.9. The van der Waals surface area contributed by atoms with E-state index in [2.05, 4.69) is 20.4 Å². The Bertz CT molecular complexity index is 1770. The number of ether oxygens (including phenoxy) is 1. The number of aromatic amines is 1. The highest BCUT2D eigenvalue weighted by atomic mass is 19.1. The maximum atomic E-state index is 15.0. The smallest absolute Gasteiger partial charge is 0.407 e. The Kier molecular flexibility index (Phi) is 4.24. The predicted molar refractivity (Wildman–Crippen MR) is 130 cm³/mol. The van der Waals surface area contributed by atoms with Gasteiger partial charge in [-0.25, -0.2) is 14.6 Å². The molecule has 2 N–H and O–H groups in total. The zero-order valence-corrected chi connectivity index (χ0v) is 19.6. The molecular weight excluding hydrogens is 465 g/mol. The first-order valence-corrected chi connectivity index (χ1v) is 11.7. The predicted octanol–water partition coefficient (Wildman–Crippen LogP) is 3.37. The van der Waals surface area contributed by atoms with Gasteiger partial charge in [-0.3, -0.25) is 13.8 Å². The number of imidazole rings is 1. The Morgan fingerprint density at radius 2 is 2.03 bits per heavy atom. The minimum Gasteiger partial charge on any atom is -0.445 e. The molecule has 10 nitrogen and oxygen atoms in total. The number of nitrogens with one attached hydrogen (secondary N) is 2. The number of carbonyl (C=O) groups is 1. The third-order valence-electron chi connectivity index (χ3n) is 7.31. The van der Waals surface area contributed by atoms with Crippen LogP contribution in [0.2, 0.25) is 0 Å². The average Bonchev–Trinajstić information content (AvgIpc) is 3.46. The van der Waals surface area contributed by atoms with Gasteiger partial charge in [-0.15, -0.1) is 5.10 Å². The third-order valence-corrected chi connectivity index (χ3v) is 7.31. The third kappa shape index (κ3) is 2.88. The summed E-state index contributed by atoms with van der Waals surface area (Å²) in [4.78, 5) is 33.7. The van der Waals surface area contributed by atoms with Crippen LogP contribution in [0.15, 0.2) is 41.5 Å². The topological polar surface area (TPSA) is 112 Å². The minimum absolute atomic E-state index is 0.0815. The number of alkyl carbamates (subject to hydrolysis) is 1. The summed E-state index contributed by atoms with van der Waals surface area (Å²) in [7, 11) is 3.39. The second-order valence-electron chi connectivity index (χ2n) is 9.55. The van der Waals surface area contributed by atoms with Crippen molar-refractivity contribution >= 4 is 28.2 Å². The van der Waals surface area contributed by atoms with Gasteiger partial charge in [0.2, 0.25) is 5.95 Å². The van der Waals surface area contributed by atoms with Crippen LogP contribution in [0.5, 0.6) is 0 Å². The number of aromatic nitrogens is 6. The van der Waals surface area contributed by atoms with E-state index >= 15 is 0 Å². The largest absolute Gasteiger partial charge is 0.445 e. The van der Waals surface area contributed by atoms with Crippen molar-refractivity contribution in [1.82, 2.24) is 34.2 Å². The number of pyridine rings is 1. The van der Waals surface area contributed by atoms with Gasteiger partial charge in [0.15, 0.2) is 0 Å². The Labute approximate surface area is 203 Å². The summed E-state index contributed by atoms with van der Waals surface area (Å²) in [5, 5.41) is 7.53. The van der Waals surface area contributed by atoms with Crippen molar-refractivity contribution in [2.45, 2.75) is 31.5 Å². The van der Waals surface area contributed by atoms with Gasteiger partial charge >= 0.3 is 11.8 Å². The quantitative estimate of drug-likeness (QED) is 0.377. The number of H-pyrrole nitrogens is 1.